The Balaban J connectivity index is 1.54. The molecular weight excluding hydrogens is 388 g/mol. The van der Waals surface area contributed by atoms with Crippen LogP contribution in [0.3, 0.4) is 0 Å². The maximum absolute atomic E-state index is 12.5. The summed E-state index contributed by atoms with van der Waals surface area (Å²) in [5, 5.41) is 11.9. The number of carboxylic acid groups (broad SMARTS) is 1. The van der Waals surface area contributed by atoms with Crippen LogP contribution in [0.25, 0.3) is 0 Å². The second kappa shape index (κ2) is 9.89. The zero-order chi connectivity index (χ0) is 21.5. The average Bonchev–Trinajstić information content (AvgIpc) is 3.18. The molecule has 8 heteroatoms. The van der Waals surface area contributed by atoms with Crippen LogP contribution < -0.4 is 10.1 Å². The van der Waals surface area contributed by atoms with Crippen molar-refractivity contribution in [3.8, 4) is 11.5 Å². The standard InChI is InChI=1S/C22H24N2O6/c1-29-14-15-11-19(22(27)28)24(13-15)20(25)12-23-21(26)16-7-9-18(10-8-16)30-17-5-3-2-4-6-17/h2-10,15,19H,11-14H2,1H3,(H,23,26)(H,27,28). The van der Waals surface area contributed by atoms with Gasteiger partial charge in [0.2, 0.25) is 5.91 Å². The quantitative estimate of drug-likeness (QED) is 0.688. The van der Waals surface area contributed by atoms with Crippen molar-refractivity contribution in [2.75, 3.05) is 26.8 Å². The molecule has 2 N–H and O–H groups in total. The maximum atomic E-state index is 12.5. The minimum Gasteiger partial charge on any atom is -0.480 e. The Bertz CT molecular complexity index is 884. The van der Waals surface area contributed by atoms with Gasteiger partial charge >= 0.3 is 5.97 Å². The number of benzene rings is 2. The van der Waals surface area contributed by atoms with Crippen LogP contribution >= 0.6 is 0 Å². The topological polar surface area (TPSA) is 105 Å². The molecule has 30 heavy (non-hydrogen) atoms. The highest BCUT2D eigenvalue weighted by Gasteiger charge is 2.39. The summed E-state index contributed by atoms with van der Waals surface area (Å²) >= 11 is 0. The number of carboxylic acids is 1. The largest absolute Gasteiger partial charge is 0.480 e. The number of carbonyl (C=O) groups excluding carboxylic acids is 2. The van der Waals surface area contributed by atoms with E-state index < -0.39 is 23.8 Å². The predicted octanol–water partition coefficient (Wildman–Crippen LogP) is 2.16. The van der Waals surface area contributed by atoms with Crippen LogP contribution in [-0.2, 0) is 14.3 Å². The van der Waals surface area contributed by atoms with Crippen LogP contribution in [0, 0.1) is 5.92 Å². The zero-order valence-electron chi connectivity index (χ0n) is 16.6. The molecular formula is C22H24N2O6. The van der Waals surface area contributed by atoms with Crippen molar-refractivity contribution in [1.82, 2.24) is 10.2 Å². The van der Waals surface area contributed by atoms with Gasteiger partial charge in [-0.15, -0.1) is 0 Å². The third-order valence-electron chi connectivity index (χ3n) is 4.89. The molecule has 1 aliphatic rings. The van der Waals surface area contributed by atoms with Crippen LogP contribution in [-0.4, -0.2) is 60.6 Å². The van der Waals surface area contributed by atoms with Crippen molar-refractivity contribution in [3.05, 3.63) is 60.2 Å². The van der Waals surface area contributed by atoms with Gasteiger partial charge in [0.15, 0.2) is 0 Å². The van der Waals surface area contributed by atoms with Gasteiger partial charge in [-0.2, -0.15) is 0 Å². The number of methoxy groups -OCH3 is 1. The van der Waals surface area contributed by atoms with Crippen molar-refractivity contribution in [3.63, 3.8) is 0 Å². The van der Waals surface area contributed by atoms with Gasteiger partial charge in [-0.05, 0) is 42.8 Å². The third-order valence-corrected chi connectivity index (χ3v) is 4.89. The average molecular weight is 412 g/mol. The Morgan fingerprint density at radius 1 is 1.07 bits per heavy atom. The molecule has 1 aliphatic heterocycles. The van der Waals surface area contributed by atoms with Crippen LogP contribution in [0.1, 0.15) is 16.8 Å². The molecule has 0 aromatic heterocycles. The van der Waals surface area contributed by atoms with Gasteiger partial charge in [0, 0.05) is 25.1 Å². The number of para-hydroxylation sites is 1. The molecule has 1 heterocycles. The van der Waals surface area contributed by atoms with E-state index in [1.807, 2.05) is 30.3 Å². The lowest BCUT2D eigenvalue weighted by atomic mass is 10.1. The normalized spacial score (nSPS) is 18.1. The van der Waals surface area contributed by atoms with E-state index in [0.717, 1.165) is 0 Å². The first-order valence-corrected chi connectivity index (χ1v) is 9.60. The van der Waals surface area contributed by atoms with Gasteiger partial charge < -0.3 is 24.8 Å². The highest BCUT2D eigenvalue weighted by Crippen LogP contribution is 2.24. The molecule has 1 fully saturated rings. The summed E-state index contributed by atoms with van der Waals surface area (Å²) in [6.07, 6.45) is 0.339. The van der Waals surface area contributed by atoms with Crippen LogP contribution in [0.15, 0.2) is 54.6 Å². The molecule has 2 amide bonds. The minimum atomic E-state index is -1.05. The Morgan fingerprint density at radius 3 is 2.37 bits per heavy atom. The zero-order valence-corrected chi connectivity index (χ0v) is 16.6. The summed E-state index contributed by atoms with van der Waals surface area (Å²) < 4.78 is 10.8. The Hall–Kier alpha value is -3.39. The van der Waals surface area contributed by atoms with Crippen LogP contribution in [0.5, 0.6) is 11.5 Å². The molecule has 0 aliphatic carbocycles. The number of hydrogen-bond acceptors (Lipinski definition) is 5. The Labute approximate surface area is 174 Å². The summed E-state index contributed by atoms with van der Waals surface area (Å²) in [6.45, 7) is 0.410. The second-order valence-corrected chi connectivity index (χ2v) is 7.08. The molecule has 2 atom stereocenters. The molecule has 1 saturated heterocycles. The lowest BCUT2D eigenvalue weighted by Crippen LogP contribution is -2.45. The molecule has 8 nitrogen and oxygen atoms in total. The van der Waals surface area contributed by atoms with E-state index in [4.69, 9.17) is 9.47 Å². The van der Waals surface area contributed by atoms with E-state index in [9.17, 15) is 19.5 Å². The second-order valence-electron chi connectivity index (χ2n) is 7.08. The van der Waals surface area contributed by atoms with E-state index in [-0.39, 0.29) is 12.5 Å². The number of nitrogens with one attached hydrogen (secondary N) is 1. The summed E-state index contributed by atoms with van der Waals surface area (Å²) in [6, 6.07) is 14.9. The molecule has 3 rings (SSSR count). The van der Waals surface area contributed by atoms with Gasteiger partial charge in [-0.3, -0.25) is 9.59 Å². The minimum absolute atomic E-state index is 0.0343. The molecule has 0 spiro atoms. The summed E-state index contributed by atoms with van der Waals surface area (Å²) in [7, 11) is 1.54. The number of carbonyl (C=O) groups is 3. The molecule has 0 radical (unpaired) electrons. The van der Waals surface area contributed by atoms with E-state index >= 15 is 0 Å². The molecule has 0 saturated carbocycles. The SMILES string of the molecule is COCC1CC(C(=O)O)N(C(=O)CNC(=O)c2ccc(Oc3ccccc3)cc2)C1. The van der Waals surface area contributed by atoms with Gasteiger partial charge in [0.25, 0.3) is 5.91 Å². The van der Waals surface area contributed by atoms with Gasteiger partial charge in [0.05, 0.1) is 13.2 Å². The van der Waals surface area contributed by atoms with Crippen molar-refractivity contribution in [2.24, 2.45) is 5.92 Å². The van der Waals surface area contributed by atoms with Gasteiger partial charge in [-0.25, -0.2) is 4.79 Å². The lowest BCUT2D eigenvalue weighted by molar-refractivity contribution is -0.147. The fourth-order valence-corrected chi connectivity index (χ4v) is 3.45. The van der Waals surface area contributed by atoms with Crippen molar-refractivity contribution < 1.29 is 29.0 Å². The number of nitrogens with zero attached hydrogens (tertiary/aromatic N) is 1. The number of rotatable bonds is 8. The first-order valence-electron chi connectivity index (χ1n) is 9.60. The fourth-order valence-electron chi connectivity index (χ4n) is 3.45. The molecule has 2 aromatic rings. The first-order chi connectivity index (χ1) is 14.5. The Morgan fingerprint density at radius 2 is 1.73 bits per heavy atom. The molecule has 158 valence electrons. The van der Waals surface area contributed by atoms with Crippen molar-refractivity contribution in [1.29, 1.82) is 0 Å². The van der Waals surface area contributed by atoms with E-state index in [2.05, 4.69) is 5.32 Å². The predicted molar refractivity (Wildman–Crippen MR) is 108 cm³/mol. The van der Waals surface area contributed by atoms with Crippen LogP contribution in [0.4, 0.5) is 0 Å². The number of likely N-dealkylation sites (tertiary alicyclic amines) is 1. The highest BCUT2D eigenvalue weighted by atomic mass is 16.5. The monoisotopic (exact) mass is 412 g/mol. The Kier molecular flexibility index (Phi) is 7.03. The molecule has 0 bridgehead atoms. The number of amides is 2. The third kappa shape index (κ3) is 5.36. The summed E-state index contributed by atoms with van der Waals surface area (Å²) in [4.78, 5) is 37.6. The number of hydrogen-bond donors (Lipinski definition) is 2. The first kappa shape index (κ1) is 21.3. The van der Waals surface area contributed by atoms with Gasteiger partial charge in [0.1, 0.15) is 17.5 Å². The summed E-state index contributed by atoms with van der Waals surface area (Å²) in [5.74, 6) is -0.673. The van der Waals surface area contributed by atoms with E-state index in [1.54, 1.807) is 24.3 Å². The lowest BCUT2D eigenvalue weighted by Gasteiger charge is -2.21. The highest BCUT2D eigenvalue weighted by molar-refractivity contribution is 5.97. The van der Waals surface area contributed by atoms with E-state index in [0.29, 0.717) is 36.6 Å². The fraction of sp³-hybridized carbons (Fsp3) is 0.318. The number of aliphatic carboxylic acids is 1. The smallest absolute Gasteiger partial charge is 0.326 e. The van der Waals surface area contributed by atoms with Crippen molar-refractivity contribution >= 4 is 17.8 Å². The molecule has 2 unspecified atom stereocenters. The molecule has 2 aromatic carbocycles. The van der Waals surface area contributed by atoms with Gasteiger partial charge in [-0.1, -0.05) is 18.2 Å². The van der Waals surface area contributed by atoms with Crippen molar-refractivity contribution in [2.45, 2.75) is 12.5 Å². The van der Waals surface area contributed by atoms with Crippen LogP contribution in [0.2, 0.25) is 0 Å². The maximum Gasteiger partial charge on any atom is 0.326 e. The van der Waals surface area contributed by atoms with E-state index in [1.165, 1.54) is 12.0 Å². The number of ether oxygens (including phenoxy) is 2. The summed E-state index contributed by atoms with van der Waals surface area (Å²) in [5.41, 5.74) is 0.372.